The first-order valence-corrected chi connectivity index (χ1v) is 8.29. The van der Waals surface area contributed by atoms with E-state index in [0.717, 1.165) is 6.26 Å². The Hall–Kier alpha value is -1.80. The number of nitrogens with two attached hydrogens (primary N) is 1. The molecule has 1 aromatic carbocycles. The van der Waals surface area contributed by atoms with Gasteiger partial charge in [0.25, 0.3) is 0 Å². The molecule has 0 amide bonds. The highest BCUT2D eigenvalue weighted by Crippen LogP contribution is 2.37. The molecular weight excluding hydrogens is 298 g/mol. The van der Waals surface area contributed by atoms with E-state index in [9.17, 15) is 13.2 Å². The summed E-state index contributed by atoms with van der Waals surface area (Å²) < 4.78 is 34.6. The van der Waals surface area contributed by atoms with Crippen LogP contribution in [0.15, 0.2) is 17.0 Å². The number of fused-ring (bicyclic) bond motifs is 1. The largest absolute Gasteiger partial charge is 0.486 e. The average Bonchev–Trinajstić information content (AvgIpc) is 2.42. The van der Waals surface area contributed by atoms with Crippen LogP contribution in [-0.4, -0.2) is 39.0 Å². The van der Waals surface area contributed by atoms with Crippen LogP contribution in [0.4, 0.5) is 0 Å². The van der Waals surface area contributed by atoms with Gasteiger partial charge in [0.15, 0.2) is 21.3 Å². The molecular formula is C13H17NO6S. The average molecular weight is 315 g/mol. The maximum atomic E-state index is 11.9. The van der Waals surface area contributed by atoms with E-state index in [4.69, 9.17) is 20.3 Å². The molecule has 0 aromatic heterocycles. The smallest absolute Gasteiger partial charge is 0.303 e. The maximum Gasteiger partial charge on any atom is 0.303 e. The van der Waals surface area contributed by atoms with Crippen molar-refractivity contribution in [3.05, 3.63) is 17.7 Å². The maximum absolute atomic E-state index is 11.9. The van der Waals surface area contributed by atoms with E-state index in [1.54, 1.807) is 0 Å². The summed E-state index contributed by atoms with van der Waals surface area (Å²) in [5.41, 5.74) is 6.30. The number of sulfone groups is 1. The number of aliphatic carboxylic acids is 1. The molecule has 21 heavy (non-hydrogen) atoms. The summed E-state index contributed by atoms with van der Waals surface area (Å²) in [6, 6.07) is 2.21. The number of carbonyl (C=O) groups is 1. The lowest BCUT2D eigenvalue weighted by Gasteiger charge is -2.22. The van der Waals surface area contributed by atoms with E-state index in [0.29, 0.717) is 30.3 Å². The lowest BCUT2D eigenvalue weighted by Crippen LogP contribution is -2.20. The first kappa shape index (κ1) is 15.6. The van der Waals surface area contributed by atoms with Crippen LogP contribution >= 0.6 is 0 Å². The van der Waals surface area contributed by atoms with Crippen LogP contribution in [0.2, 0.25) is 0 Å². The van der Waals surface area contributed by atoms with Crippen LogP contribution in [0, 0.1) is 0 Å². The fourth-order valence-corrected chi connectivity index (χ4v) is 3.09. The molecule has 0 saturated carbocycles. The van der Waals surface area contributed by atoms with Crippen molar-refractivity contribution >= 4 is 15.8 Å². The lowest BCUT2D eigenvalue weighted by atomic mass is 10.0. The number of carboxylic acid groups (broad SMARTS) is 1. The van der Waals surface area contributed by atoms with Gasteiger partial charge in [-0.1, -0.05) is 0 Å². The van der Waals surface area contributed by atoms with Gasteiger partial charge in [-0.15, -0.1) is 0 Å². The number of rotatable bonds is 5. The summed E-state index contributed by atoms with van der Waals surface area (Å²) in [6.07, 6.45) is 1.07. The number of ether oxygens (including phenoxy) is 2. The van der Waals surface area contributed by atoms with Crippen molar-refractivity contribution in [1.82, 2.24) is 0 Å². The Labute approximate surface area is 122 Å². The normalized spacial score (nSPS) is 15.5. The first-order chi connectivity index (χ1) is 9.79. The molecule has 0 saturated heterocycles. The molecule has 1 atom stereocenters. The highest BCUT2D eigenvalue weighted by Gasteiger charge is 2.24. The molecule has 2 rings (SSSR count). The highest BCUT2D eigenvalue weighted by atomic mass is 32.2. The van der Waals surface area contributed by atoms with E-state index in [-0.39, 0.29) is 17.7 Å². The Balaban J connectivity index is 2.44. The molecule has 0 spiro atoms. The monoisotopic (exact) mass is 315 g/mol. The molecule has 1 heterocycles. The zero-order valence-corrected chi connectivity index (χ0v) is 12.4. The number of benzene rings is 1. The second-order valence-electron chi connectivity index (χ2n) is 4.84. The predicted molar refractivity (Wildman–Crippen MR) is 74.3 cm³/mol. The Kier molecular flexibility index (Phi) is 4.38. The molecule has 1 unspecified atom stereocenters. The molecule has 1 aromatic rings. The molecule has 0 bridgehead atoms. The molecule has 0 radical (unpaired) electrons. The van der Waals surface area contributed by atoms with Gasteiger partial charge in [-0.25, -0.2) is 8.42 Å². The Bertz CT molecular complexity index is 655. The van der Waals surface area contributed by atoms with E-state index in [1.807, 2.05) is 0 Å². The summed E-state index contributed by atoms with van der Waals surface area (Å²) in [5.74, 6) is -0.200. The topological polar surface area (TPSA) is 116 Å². The lowest BCUT2D eigenvalue weighted by molar-refractivity contribution is -0.137. The van der Waals surface area contributed by atoms with Crippen LogP contribution in [0.5, 0.6) is 11.5 Å². The molecule has 7 nitrogen and oxygen atoms in total. The third-order valence-corrected chi connectivity index (χ3v) is 4.30. The van der Waals surface area contributed by atoms with Crippen molar-refractivity contribution in [2.75, 3.05) is 19.5 Å². The van der Waals surface area contributed by atoms with Crippen LogP contribution in [0.1, 0.15) is 24.4 Å². The van der Waals surface area contributed by atoms with Gasteiger partial charge in [0.1, 0.15) is 13.2 Å². The Morgan fingerprint density at radius 3 is 2.43 bits per heavy atom. The number of carboxylic acids is 1. The summed E-state index contributed by atoms with van der Waals surface area (Å²) in [4.78, 5) is 10.7. The van der Waals surface area contributed by atoms with Gasteiger partial charge < -0.3 is 20.3 Å². The Morgan fingerprint density at radius 1 is 1.33 bits per heavy atom. The highest BCUT2D eigenvalue weighted by molar-refractivity contribution is 7.90. The second-order valence-corrected chi connectivity index (χ2v) is 6.83. The van der Waals surface area contributed by atoms with E-state index in [1.165, 1.54) is 12.1 Å². The van der Waals surface area contributed by atoms with Gasteiger partial charge in [-0.05, 0) is 18.1 Å². The van der Waals surface area contributed by atoms with Crippen molar-refractivity contribution in [3.63, 3.8) is 0 Å². The quantitative estimate of drug-likeness (QED) is 0.822. The van der Waals surface area contributed by atoms with Crippen molar-refractivity contribution < 1.29 is 27.8 Å². The molecule has 3 N–H and O–H groups in total. The van der Waals surface area contributed by atoms with Crippen LogP contribution in [0.3, 0.4) is 0 Å². The van der Waals surface area contributed by atoms with Crippen molar-refractivity contribution in [2.45, 2.75) is 23.8 Å². The van der Waals surface area contributed by atoms with Crippen LogP contribution in [-0.2, 0) is 14.6 Å². The van der Waals surface area contributed by atoms with Crippen LogP contribution in [0.25, 0.3) is 0 Å². The fourth-order valence-electron chi connectivity index (χ4n) is 2.13. The van der Waals surface area contributed by atoms with Crippen LogP contribution < -0.4 is 15.2 Å². The minimum atomic E-state index is -3.51. The molecule has 1 aliphatic heterocycles. The van der Waals surface area contributed by atoms with Gasteiger partial charge in [-0.2, -0.15) is 0 Å². The minimum Gasteiger partial charge on any atom is -0.486 e. The molecule has 0 aliphatic carbocycles. The minimum absolute atomic E-state index is 0.0460. The summed E-state index contributed by atoms with van der Waals surface area (Å²) in [5, 5.41) is 8.71. The zero-order chi connectivity index (χ0) is 15.6. The van der Waals surface area contributed by atoms with E-state index in [2.05, 4.69) is 0 Å². The van der Waals surface area contributed by atoms with E-state index >= 15 is 0 Å². The van der Waals surface area contributed by atoms with Gasteiger partial charge in [0, 0.05) is 24.8 Å². The van der Waals surface area contributed by atoms with Gasteiger partial charge >= 0.3 is 5.97 Å². The number of hydrogen-bond acceptors (Lipinski definition) is 6. The predicted octanol–water partition coefficient (Wildman–Crippen LogP) is 0.726. The fraction of sp³-hybridized carbons (Fsp3) is 0.462. The summed E-state index contributed by atoms with van der Waals surface area (Å²) in [6.45, 7) is 0.718. The van der Waals surface area contributed by atoms with Gasteiger partial charge in [0.2, 0.25) is 0 Å². The molecule has 8 heteroatoms. The van der Waals surface area contributed by atoms with Crippen molar-refractivity contribution in [1.29, 1.82) is 0 Å². The molecule has 0 fully saturated rings. The summed E-state index contributed by atoms with van der Waals surface area (Å²) >= 11 is 0. The zero-order valence-electron chi connectivity index (χ0n) is 11.5. The molecule has 116 valence electrons. The van der Waals surface area contributed by atoms with Gasteiger partial charge in [0.05, 0.1) is 4.90 Å². The third-order valence-electron chi connectivity index (χ3n) is 3.14. The SMILES string of the molecule is CS(=O)(=O)c1cc2c(cc1C(N)CCC(=O)O)OCCO2. The van der Waals surface area contributed by atoms with E-state index < -0.39 is 21.8 Å². The van der Waals surface area contributed by atoms with Crippen molar-refractivity contribution in [2.24, 2.45) is 5.73 Å². The first-order valence-electron chi connectivity index (χ1n) is 6.40. The van der Waals surface area contributed by atoms with Crippen molar-refractivity contribution in [3.8, 4) is 11.5 Å². The second kappa shape index (κ2) is 5.90. The Morgan fingerprint density at radius 2 is 1.90 bits per heavy atom. The standard InChI is InChI=1S/C13H17NO6S/c1-21(17,18)12-7-11-10(19-4-5-20-11)6-8(12)9(14)2-3-13(15)16/h6-7,9H,2-5,14H2,1H3,(H,15,16). The third kappa shape index (κ3) is 3.64. The number of hydrogen-bond donors (Lipinski definition) is 2. The summed E-state index contributed by atoms with van der Waals surface area (Å²) in [7, 11) is -3.51. The van der Waals surface area contributed by atoms with Gasteiger partial charge in [-0.3, -0.25) is 4.79 Å². The molecule has 1 aliphatic rings.